The van der Waals surface area contributed by atoms with Gasteiger partial charge in [0.2, 0.25) is 0 Å². The molecule has 0 aliphatic heterocycles. The molecule has 1 heterocycles. The standard InChI is InChI=1S/C21H15F2NO3/c1-13(25)19-18(9-4-10-24-19)21(26)27-20(14-5-2-7-16(22)11-14)15-6-3-8-17(23)12-15/h2-12,20H,1H3. The predicted octanol–water partition coefficient (Wildman–Crippen LogP) is 4.51. The van der Waals surface area contributed by atoms with Crippen LogP contribution >= 0.6 is 0 Å². The van der Waals surface area contributed by atoms with Gasteiger partial charge in [-0.3, -0.25) is 9.78 Å². The molecule has 0 aliphatic carbocycles. The van der Waals surface area contributed by atoms with Gasteiger partial charge >= 0.3 is 5.97 Å². The third-order valence-electron chi connectivity index (χ3n) is 3.89. The highest BCUT2D eigenvalue weighted by atomic mass is 19.1. The molecule has 0 fully saturated rings. The minimum atomic E-state index is -1.05. The van der Waals surface area contributed by atoms with E-state index in [1.165, 1.54) is 61.7 Å². The first kappa shape index (κ1) is 18.4. The van der Waals surface area contributed by atoms with Gasteiger partial charge in [-0.15, -0.1) is 0 Å². The molecule has 0 radical (unpaired) electrons. The summed E-state index contributed by atoms with van der Waals surface area (Å²) in [5, 5.41) is 0. The van der Waals surface area contributed by atoms with Crippen LogP contribution in [0.5, 0.6) is 0 Å². The van der Waals surface area contributed by atoms with E-state index in [1.54, 1.807) is 12.1 Å². The molecule has 6 heteroatoms. The molecule has 0 bridgehead atoms. The quantitative estimate of drug-likeness (QED) is 0.492. The van der Waals surface area contributed by atoms with Crippen LogP contribution in [-0.4, -0.2) is 16.7 Å². The van der Waals surface area contributed by atoms with E-state index in [-0.39, 0.29) is 11.3 Å². The van der Waals surface area contributed by atoms with Crippen molar-refractivity contribution in [2.24, 2.45) is 0 Å². The summed E-state index contributed by atoms with van der Waals surface area (Å²) in [6.07, 6.45) is 0.341. The molecule has 3 aromatic rings. The van der Waals surface area contributed by atoms with Crippen molar-refractivity contribution >= 4 is 11.8 Å². The highest BCUT2D eigenvalue weighted by Crippen LogP contribution is 2.28. The molecular formula is C21H15F2NO3. The van der Waals surface area contributed by atoms with E-state index < -0.39 is 29.5 Å². The van der Waals surface area contributed by atoms with Crippen molar-refractivity contribution in [3.63, 3.8) is 0 Å². The van der Waals surface area contributed by atoms with Gasteiger partial charge in [-0.1, -0.05) is 24.3 Å². The number of nitrogens with zero attached hydrogens (tertiary/aromatic N) is 1. The van der Waals surface area contributed by atoms with E-state index in [2.05, 4.69) is 4.98 Å². The SMILES string of the molecule is CC(=O)c1ncccc1C(=O)OC(c1cccc(F)c1)c1cccc(F)c1. The van der Waals surface area contributed by atoms with Gasteiger partial charge in [0, 0.05) is 13.1 Å². The van der Waals surface area contributed by atoms with E-state index in [0.717, 1.165) is 0 Å². The van der Waals surface area contributed by atoms with Crippen molar-refractivity contribution in [1.82, 2.24) is 4.98 Å². The number of ketones is 1. The zero-order valence-corrected chi connectivity index (χ0v) is 14.4. The minimum absolute atomic E-state index is 0.0113. The lowest BCUT2D eigenvalue weighted by Crippen LogP contribution is -2.16. The van der Waals surface area contributed by atoms with Crippen LogP contribution in [0.3, 0.4) is 0 Å². The zero-order valence-electron chi connectivity index (χ0n) is 14.4. The van der Waals surface area contributed by atoms with Crippen LogP contribution in [0.25, 0.3) is 0 Å². The Morgan fingerprint density at radius 1 is 0.926 bits per heavy atom. The number of ether oxygens (including phenoxy) is 1. The summed E-state index contributed by atoms with van der Waals surface area (Å²) in [5.74, 6) is -2.24. The molecule has 136 valence electrons. The van der Waals surface area contributed by atoms with Crippen molar-refractivity contribution < 1.29 is 23.1 Å². The minimum Gasteiger partial charge on any atom is -0.449 e. The first-order chi connectivity index (χ1) is 13.0. The number of hydrogen-bond donors (Lipinski definition) is 0. The monoisotopic (exact) mass is 367 g/mol. The van der Waals surface area contributed by atoms with Gasteiger partial charge in [-0.2, -0.15) is 0 Å². The van der Waals surface area contributed by atoms with Gasteiger partial charge in [0.25, 0.3) is 0 Å². The Hall–Kier alpha value is -3.41. The number of halogens is 2. The summed E-state index contributed by atoms with van der Waals surface area (Å²) in [7, 11) is 0. The van der Waals surface area contributed by atoms with Crippen LogP contribution in [-0.2, 0) is 4.74 Å². The van der Waals surface area contributed by atoms with Crippen LogP contribution in [0.15, 0.2) is 66.9 Å². The maximum Gasteiger partial charge on any atom is 0.341 e. The zero-order chi connectivity index (χ0) is 19.4. The van der Waals surface area contributed by atoms with Crippen molar-refractivity contribution in [1.29, 1.82) is 0 Å². The van der Waals surface area contributed by atoms with Crippen molar-refractivity contribution in [3.8, 4) is 0 Å². The summed E-state index contributed by atoms with van der Waals surface area (Å²) in [4.78, 5) is 28.3. The number of Topliss-reactive ketones (excluding diaryl/α,β-unsaturated/α-hetero) is 1. The van der Waals surface area contributed by atoms with Crippen LogP contribution in [0.2, 0.25) is 0 Å². The second-order valence-corrected chi connectivity index (χ2v) is 5.85. The van der Waals surface area contributed by atoms with Gasteiger partial charge in [0.05, 0.1) is 5.56 Å². The fourth-order valence-electron chi connectivity index (χ4n) is 2.69. The summed E-state index contributed by atoms with van der Waals surface area (Å²) in [6, 6.07) is 13.9. The van der Waals surface area contributed by atoms with Gasteiger partial charge in [0.1, 0.15) is 17.3 Å². The average molecular weight is 367 g/mol. The molecule has 0 atom stereocenters. The molecule has 0 unspecified atom stereocenters. The lowest BCUT2D eigenvalue weighted by atomic mass is 10.0. The van der Waals surface area contributed by atoms with Crippen LogP contribution in [0.1, 0.15) is 45.0 Å². The first-order valence-corrected chi connectivity index (χ1v) is 8.13. The number of benzene rings is 2. The molecule has 0 N–H and O–H groups in total. The number of rotatable bonds is 5. The Morgan fingerprint density at radius 2 is 1.52 bits per heavy atom. The van der Waals surface area contributed by atoms with Gasteiger partial charge in [-0.25, -0.2) is 13.6 Å². The highest BCUT2D eigenvalue weighted by Gasteiger charge is 2.24. The molecule has 1 aromatic heterocycles. The van der Waals surface area contributed by atoms with E-state index in [4.69, 9.17) is 4.74 Å². The van der Waals surface area contributed by atoms with E-state index >= 15 is 0 Å². The molecule has 27 heavy (non-hydrogen) atoms. The smallest absolute Gasteiger partial charge is 0.341 e. The molecule has 4 nitrogen and oxygen atoms in total. The molecule has 0 saturated carbocycles. The third-order valence-corrected chi connectivity index (χ3v) is 3.89. The van der Waals surface area contributed by atoms with Crippen molar-refractivity contribution in [3.05, 3.63) is 101 Å². The van der Waals surface area contributed by atoms with E-state index in [0.29, 0.717) is 11.1 Å². The molecular weight excluding hydrogens is 352 g/mol. The van der Waals surface area contributed by atoms with Crippen LogP contribution < -0.4 is 0 Å². The Labute approximate surface area is 154 Å². The maximum atomic E-state index is 13.7. The number of pyridine rings is 1. The molecule has 0 spiro atoms. The fraction of sp³-hybridized carbons (Fsp3) is 0.0952. The van der Waals surface area contributed by atoms with E-state index in [1.807, 2.05) is 0 Å². The Kier molecular flexibility index (Phi) is 5.35. The lowest BCUT2D eigenvalue weighted by Gasteiger charge is -2.19. The second kappa shape index (κ2) is 7.86. The molecule has 0 amide bonds. The molecule has 2 aromatic carbocycles. The van der Waals surface area contributed by atoms with Gasteiger partial charge in [-0.05, 0) is 47.5 Å². The van der Waals surface area contributed by atoms with Gasteiger partial charge < -0.3 is 4.74 Å². The number of carbonyl (C=O) groups is 2. The number of aromatic nitrogens is 1. The average Bonchev–Trinajstić information content (AvgIpc) is 2.66. The molecule has 3 rings (SSSR count). The summed E-state index contributed by atoms with van der Waals surface area (Å²) >= 11 is 0. The summed E-state index contributed by atoms with van der Waals surface area (Å²) < 4.78 is 32.9. The Balaban J connectivity index is 2.02. The first-order valence-electron chi connectivity index (χ1n) is 8.13. The third kappa shape index (κ3) is 4.23. The Morgan fingerprint density at radius 3 is 2.04 bits per heavy atom. The molecule has 0 aliphatic rings. The van der Waals surface area contributed by atoms with Crippen LogP contribution in [0.4, 0.5) is 8.78 Å². The van der Waals surface area contributed by atoms with Gasteiger partial charge in [0.15, 0.2) is 11.9 Å². The topological polar surface area (TPSA) is 56.3 Å². The van der Waals surface area contributed by atoms with Crippen molar-refractivity contribution in [2.45, 2.75) is 13.0 Å². The maximum absolute atomic E-state index is 13.7. The normalized spacial score (nSPS) is 10.7. The summed E-state index contributed by atoms with van der Waals surface area (Å²) in [5.41, 5.74) is 0.631. The molecule has 0 saturated heterocycles. The fourth-order valence-corrected chi connectivity index (χ4v) is 2.69. The summed E-state index contributed by atoms with van der Waals surface area (Å²) in [6.45, 7) is 1.29. The van der Waals surface area contributed by atoms with Crippen LogP contribution in [0, 0.1) is 11.6 Å². The lowest BCUT2D eigenvalue weighted by molar-refractivity contribution is 0.0374. The second-order valence-electron chi connectivity index (χ2n) is 5.85. The van der Waals surface area contributed by atoms with E-state index in [9.17, 15) is 18.4 Å². The Bertz CT molecular complexity index is 958. The number of hydrogen-bond acceptors (Lipinski definition) is 4. The largest absolute Gasteiger partial charge is 0.449 e. The number of esters is 1. The van der Waals surface area contributed by atoms with Crippen molar-refractivity contribution in [2.75, 3.05) is 0 Å². The predicted molar refractivity (Wildman–Crippen MR) is 94.3 cm³/mol. The highest BCUT2D eigenvalue weighted by molar-refractivity contribution is 6.03. The number of carbonyl (C=O) groups excluding carboxylic acids is 2.